The summed E-state index contributed by atoms with van der Waals surface area (Å²) < 4.78 is 23.0. The zero-order valence-electron chi connectivity index (χ0n) is 9.95. The highest BCUT2D eigenvalue weighted by Crippen LogP contribution is 2.22. The number of sulfone groups is 1. The van der Waals surface area contributed by atoms with Crippen molar-refractivity contribution in [2.75, 3.05) is 6.26 Å². The number of aromatic nitrogens is 1. The Morgan fingerprint density at radius 1 is 1.06 bits per heavy atom. The molecule has 0 radical (unpaired) electrons. The molecule has 0 fully saturated rings. The molecule has 18 heavy (non-hydrogen) atoms. The maximum absolute atomic E-state index is 11.5. The number of nitrogens with zero attached hydrogens (tertiary/aromatic N) is 1. The van der Waals surface area contributed by atoms with Crippen LogP contribution >= 0.6 is 0 Å². The molecule has 0 bridgehead atoms. The Morgan fingerprint density at radius 2 is 1.72 bits per heavy atom. The number of rotatable bonds is 3. The smallest absolute Gasteiger partial charge is 0.169 e. The van der Waals surface area contributed by atoms with Crippen molar-refractivity contribution >= 4 is 15.4 Å². The molecule has 0 saturated carbocycles. The first-order chi connectivity index (χ1) is 8.56. The molecule has 0 unspecified atom stereocenters. The molecule has 0 aliphatic heterocycles. The molecule has 2 aromatic rings. The number of benzene rings is 1. The Morgan fingerprint density at radius 3 is 2.28 bits per heavy atom. The van der Waals surface area contributed by atoms with Gasteiger partial charge in [-0.25, -0.2) is 8.42 Å². The molecule has 1 heterocycles. The molecule has 0 amide bonds. The third-order valence-corrected chi connectivity index (χ3v) is 3.02. The van der Waals surface area contributed by atoms with Crippen molar-refractivity contribution in [3.8, 4) is 0 Å². The van der Waals surface area contributed by atoms with Gasteiger partial charge in [0, 0.05) is 23.4 Å². The van der Waals surface area contributed by atoms with Crippen LogP contribution in [0.4, 0.5) is 0 Å². The van der Waals surface area contributed by atoms with E-state index in [1.807, 2.05) is 36.4 Å². The molecule has 0 atom stereocenters. The van der Waals surface area contributed by atoms with Gasteiger partial charge in [-0.2, -0.15) is 0 Å². The third-order valence-electron chi connectivity index (χ3n) is 2.36. The molecule has 4 heteroatoms. The predicted molar refractivity (Wildman–Crippen MR) is 72.6 cm³/mol. The summed E-state index contributed by atoms with van der Waals surface area (Å²) in [5.74, 6) is 0. The molecule has 0 saturated heterocycles. The predicted octanol–water partition coefficient (Wildman–Crippen LogP) is 2.52. The van der Waals surface area contributed by atoms with Gasteiger partial charge in [0.15, 0.2) is 9.84 Å². The average molecular weight is 259 g/mol. The Bertz CT molecular complexity index is 605. The van der Waals surface area contributed by atoms with Gasteiger partial charge in [0.2, 0.25) is 0 Å². The Kier molecular flexibility index (Phi) is 3.58. The first-order valence-corrected chi connectivity index (χ1v) is 7.40. The van der Waals surface area contributed by atoms with Crippen LogP contribution < -0.4 is 0 Å². The Hall–Kier alpha value is -1.94. The second kappa shape index (κ2) is 5.14. The summed E-state index contributed by atoms with van der Waals surface area (Å²) in [5.41, 5.74) is 2.09. The lowest BCUT2D eigenvalue weighted by Crippen LogP contribution is -1.96. The molecule has 2 rings (SSSR count). The summed E-state index contributed by atoms with van der Waals surface area (Å²) in [6.45, 7) is 0. The van der Waals surface area contributed by atoms with E-state index in [4.69, 9.17) is 0 Å². The van der Waals surface area contributed by atoms with E-state index in [1.54, 1.807) is 18.3 Å². The van der Waals surface area contributed by atoms with E-state index in [1.165, 1.54) is 11.7 Å². The summed E-state index contributed by atoms with van der Waals surface area (Å²) in [4.78, 5) is 4.21. The third kappa shape index (κ3) is 3.28. The van der Waals surface area contributed by atoms with E-state index in [0.29, 0.717) is 11.3 Å². The van der Waals surface area contributed by atoms with Gasteiger partial charge in [0.25, 0.3) is 0 Å². The van der Waals surface area contributed by atoms with E-state index in [0.717, 1.165) is 5.56 Å². The average Bonchev–Trinajstić information content (AvgIpc) is 2.37. The zero-order chi connectivity index (χ0) is 13.0. The van der Waals surface area contributed by atoms with Crippen molar-refractivity contribution in [2.24, 2.45) is 0 Å². The summed E-state index contributed by atoms with van der Waals surface area (Å²) in [7, 11) is -3.22. The molecule has 3 nitrogen and oxygen atoms in total. The van der Waals surface area contributed by atoms with Gasteiger partial charge in [-0.1, -0.05) is 36.4 Å². The van der Waals surface area contributed by atoms with Gasteiger partial charge in [0.05, 0.1) is 5.69 Å². The second-order valence-electron chi connectivity index (χ2n) is 3.94. The summed E-state index contributed by atoms with van der Waals surface area (Å²) in [6.07, 6.45) is 2.83. The fourth-order valence-corrected chi connectivity index (χ4v) is 2.32. The first kappa shape index (κ1) is 12.5. The van der Waals surface area contributed by atoms with Gasteiger partial charge >= 0.3 is 0 Å². The number of hydrogen-bond donors (Lipinski definition) is 0. The minimum Gasteiger partial charge on any atom is -0.256 e. The molecule has 0 aliphatic carbocycles. The highest BCUT2D eigenvalue weighted by Gasteiger charge is 2.09. The largest absolute Gasteiger partial charge is 0.256 e. The van der Waals surface area contributed by atoms with Crippen LogP contribution in [0.2, 0.25) is 0 Å². The van der Waals surface area contributed by atoms with Gasteiger partial charge in [-0.15, -0.1) is 0 Å². The van der Waals surface area contributed by atoms with Gasteiger partial charge < -0.3 is 0 Å². The van der Waals surface area contributed by atoms with Crippen LogP contribution in [0.5, 0.6) is 0 Å². The van der Waals surface area contributed by atoms with Crippen LogP contribution in [0.25, 0.3) is 5.57 Å². The maximum Gasteiger partial charge on any atom is 0.169 e. The quantitative estimate of drug-likeness (QED) is 0.851. The van der Waals surface area contributed by atoms with Crippen LogP contribution in [0.3, 0.4) is 0 Å². The zero-order valence-corrected chi connectivity index (χ0v) is 10.8. The number of hydrogen-bond acceptors (Lipinski definition) is 3. The van der Waals surface area contributed by atoms with Gasteiger partial charge in [-0.3, -0.25) is 4.98 Å². The second-order valence-corrected chi connectivity index (χ2v) is 5.84. The monoisotopic (exact) mass is 259 g/mol. The van der Waals surface area contributed by atoms with Crippen molar-refractivity contribution in [1.29, 1.82) is 0 Å². The minimum atomic E-state index is -3.22. The molecular formula is C14H13NO2S. The fraction of sp³-hybridized carbons (Fsp3) is 0.0714. The fourth-order valence-electron chi connectivity index (χ4n) is 1.63. The van der Waals surface area contributed by atoms with Gasteiger partial charge in [-0.05, 0) is 17.7 Å². The van der Waals surface area contributed by atoms with Crippen LogP contribution in [-0.2, 0) is 9.84 Å². The highest BCUT2D eigenvalue weighted by molar-refractivity contribution is 7.93. The van der Waals surface area contributed by atoms with E-state index in [2.05, 4.69) is 4.98 Å². The Balaban J connectivity index is 2.60. The molecule has 1 aromatic carbocycles. The van der Waals surface area contributed by atoms with E-state index >= 15 is 0 Å². The summed E-state index contributed by atoms with van der Waals surface area (Å²) >= 11 is 0. The van der Waals surface area contributed by atoms with Crippen molar-refractivity contribution in [2.45, 2.75) is 0 Å². The van der Waals surface area contributed by atoms with Crippen LogP contribution in [0.15, 0.2) is 60.1 Å². The lowest BCUT2D eigenvalue weighted by atomic mass is 10.0. The topological polar surface area (TPSA) is 47.0 Å². The molecule has 0 N–H and O–H groups in total. The minimum absolute atomic E-state index is 0.610. The van der Waals surface area contributed by atoms with E-state index < -0.39 is 9.84 Å². The normalized spacial score (nSPS) is 12.4. The molecule has 0 aliphatic rings. The van der Waals surface area contributed by atoms with Gasteiger partial charge in [0.1, 0.15) is 0 Å². The van der Waals surface area contributed by atoms with Crippen LogP contribution in [0.1, 0.15) is 11.3 Å². The standard InChI is InChI=1S/C14H13NO2S/c1-18(16,17)11-13(12-7-3-2-4-8-12)14-9-5-6-10-15-14/h2-11H,1H3/b13-11+. The molecule has 0 spiro atoms. The lowest BCUT2D eigenvalue weighted by molar-refractivity contribution is 0.610. The molecule has 92 valence electrons. The number of pyridine rings is 1. The summed E-state index contributed by atoms with van der Waals surface area (Å²) in [6, 6.07) is 14.8. The summed E-state index contributed by atoms with van der Waals surface area (Å²) in [5, 5.41) is 1.25. The highest BCUT2D eigenvalue weighted by atomic mass is 32.2. The SMILES string of the molecule is CS(=O)(=O)/C=C(\c1ccccc1)c1ccccn1. The molecular weight excluding hydrogens is 246 g/mol. The first-order valence-electron chi connectivity index (χ1n) is 5.45. The van der Waals surface area contributed by atoms with Crippen molar-refractivity contribution in [1.82, 2.24) is 4.98 Å². The molecule has 1 aromatic heterocycles. The van der Waals surface area contributed by atoms with Crippen molar-refractivity contribution in [3.05, 3.63) is 71.4 Å². The van der Waals surface area contributed by atoms with E-state index in [-0.39, 0.29) is 0 Å². The Labute approximate surface area is 107 Å². The lowest BCUT2D eigenvalue weighted by Gasteiger charge is -2.06. The van der Waals surface area contributed by atoms with Crippen LogP contribution in [-0.4, -0.2) is 19.7 Å². The maximum atomic E-state index is 11.5. The van der Waals surface area contributed by atoms with Crippen molar-refractivity contribution in [3.63, 3.8) is 0 Å². The van der Waals surface area contributed by atoms with Crippen molar-refractivity contribution < 1.29 is 8.42 Å². The van der Waals surface area contributed by atoms with Crippen LogP contribution in [0, 0.1) is 0 Å². The van der Waals surface area contributed by atoms with E-state index in [9.17, 15) is 8.42 Å².